The summed E-state index contributed by atoms with van der Waals surface area (Å²) in [7, 11) is 2.71. The lowest BCUT2D eigenvalue weighted by Gasteiger charge is -2.25. The van der Waals surface area contributed by atoms with E-state index < -0.39 is 7.49 Å². The first kappa shape index (κ1) is 22.7. The highest BCUT2D eigenvalue weighted by atomic mass is 31.2. The summed E-state index contributed by atoms with van der Waals surface area (Å²) < 4.78 is 22.7. The van der Waals surface area contributed by atoms with Crippen molar-refractivity contribution in [2.75, 3.05) is 27.9 Å². The second kappa shape index (κ2) is 10.3. The average Bonchev–Trinajstić information content (AvgIpc) is 2.78. The highest BCUT2D eigenvalue weighted by Crippen LogP contribution is 2.56. The van der Waals surface area contributed by atoms with Crippen LogP contribution in [0.3, 0.4) is 0 Å². The molecule has 4 nitrogen and oxygen atoms in total. The molecule has 0 fully saturated rings. The van der Waals surface area contributed by atoms with Crippen molar-refractivity contribution in [3.63, 3.8) is 0 Å². The minimum Gasteiger partial charge on any atom is -0.497 e. The zero-order valence-corrected chi connectivity index (χ0v) is 17.6. The van der Waals surface area contributed by atoms with Crippen LogP contribution < -0.4 is 30.1 Å². The van der Waals surface area contributed by atoms with Gasteiger partial charge in [0.05, 0.1) is 27.9 Å². The summed E-state index contributed by atoms with van der Waals surface area (Å²) in [5, 5.41) is 3.39. The Balaban J connectivity index is 0.00000300. The van der Waals surface area contributed by atoms with E-state index in [9.17, 15) is 0 Å². The first-order chi connectivity index (χ1) is 13.7. The molecule has 0 aromatic heterocycles. The van der Waals surface area contributed by atoms with E-state index >= 15 is 0 Å². The van der Waals surface area contributed by atoms with Gasteiger partial charge in [0.2, 0.25) is 7.49 Å². The molecule has 3 aromatic carbocycles. The summed E-state index contributed by atoms with van der Waals surface area (Å²) in [5.41, 5.74) is 0. The fourth-order valence-electron chi connectivity index (χ4n) is 3.24. The number of hydrogen-bond acceptors (Lipinski definition) is 4. The fraction of sp³-hybridized carbons (Fsp3) is 0.250. The highest BCUT2D eigenvalue weighted by molar-refractivity contribution is 7.91. The van der Waals surface area contributed by atoms with Crippen molar-refractivity contribution in [1.29, 1.82) is 0 Å². The van der Waals surface area contributed by atoms with Gasteiger partial charge >= 0.3 is 0 Å². The van der Waals surface area contributed by atoms with Crippen molar-refractivity contribution >= 4 is 23.4 Å². The van der Waals surface area contributed by atoms with Crippen molar-refractivity contribution < 1.29 is 18.7 Å². The molecule has 0 unspecified atom stereocenters. The molecule has 5 heteroatoms. The third-order valence-corrected chi connectivity index (χ3v) is 8.35. The molecule has 0 atom stereocenters. The topological polar surface area (TPSA) is 36.9 Å². The summed E-state index contributed by atoms with van der Waals surface area (Å²) in [5.74, 6) is 2.47. The Hall–Kier alpha value is -2.55. The third kappa shape index (κ3) is 4.55. The summed E-state index contributed by atoms with van der Waals surface area (Å²) in [6, 6.07) is 24.5. The molecule has 154 valence electrons. The normalized spacial score (nSPS) is 10.8. The smallest absolute Gasteiger partial charge is 0.242 e. The van der Waals surface area contributed by atoms with Crippen LogP contribution in [0, 0.1) is 0 Å². The molecule has 0 radical (unpaired) electrons. The Morgan fingerprint density at radius 2 is 0.828 bits per heavy atom. The largest absolute Gasteiger partial charge is 0.497 e. The summed E-state index contributed by atoms with van der Waals surface area (Å²) >= 11 is 0. The van der Waals surface area contributed by atoms with Crippen molar-refractivity contribution in [3.8, 4) is 17.2 Å². The van der Waals surface area contributed by atoms with Crippen LogP contribution in [0.1, 0.15) is 14.4 Å². The maximum absolute atomic E-state index is 6.60. The van der Waals surface area contributed by atoms with Crippen LogP contribution in [0.4, 0.5) is 0 Å². The fourth-order valence-corrected chi connectivity index (χ4v) is 6.68. The quantitative estimate of drug-likeness (QED) is 0.506. The van der Waals surface area contributed by atoms with Crippen LogP contribution in [0.15, 0.2) is 72.8 Å². The van der Waals surface area contributed by atoms with Crippen LogP contribution in [-0.2, 0) is 4.52 Å². The molecule has 3 rings (SSSR count). The van der Waals surface area contributed by atoms with Crippen LogP contribution in [0.2, 0.25) is 0 Å². The Bertz CT molecular complexity index is 759. The van der Waals surface area contributed by atoms with Gasteiger partial charge in [-0.25, -0.2) is 4.52 Å². The monoisotopic (exact) mass is 413 g/mol. The lowest BCUT2D eigenvalue weighted by atomic mass is 10.3. The summed E-state index contributed by atoms with van der Waals surface area (Å²) in [6.45, 7) is 2.63. The molecule has 29 heavy (non-hydrogen) atoms. The van der Waals surface area contributed by atoms with Gasteiger partial charge in [0.25, 0.3) is 0 Å². The standard InChI is InChI=1S/C23H26O4P.CH4/c1-5-27-28(21-12-6-18(24-2)7-13-21,22-14-8-19(25-3)9-15-22)23-16-10-20(26-4)11-17-23;/h6-17H,5H2,1-4H3;1H4/q+1;. The van der Waals surface area contributed by atoms with E-state index in [0.717, 1.165) is 33.2 Å². The first-order valence-corrected chi connectivity index (χ1v) is 10.9. The van der Waals surface area contributed by atoms with Gasteiger partial charge in [-0.3, -0.25) is 0 Å². The van der Waals surface area contributed by atoms with Gasteiger partial charge in [-0.05, 0) is 79.7 Å². The zero-order chi connectivity index (χ0) is 20.0. The van der Waals surface area contributed by atoms with E-state index in [4.69, 9.17) is 18.7 Å². The second-order valence-corrected chi connectivity index (χ2v) is 9.15. The second-order valence-electron chi connectivity index (χ2n) is 6.12. The molecule has 0 saturated carbocycles. The molecule has 0 heterocycles. The van der Waals surface area contributed by atoms with Gasteiger partial charge in [-0.15, -0.1) is 0 Å². The molecule has 0 saturated heterocycles. The van der Waals surface area contributed by atoms with Crippen LogP contribution in [0.25, 0.3) is 0 Å². The van der Waals surface area contributed by atoms with E-state index in [1.807, 2.05) is 43.3 Å². The van der Waals surface area contributed by atoms with Crippen molar-refractivity contribution in [2.24, 2.45) is 0 Å². The molecule has 0 bridgehead atoms. The summed E-state index contributed by atoms with van der Waals surface area (Å²) in [4.78, 5) is 0. The van der Waals surface area contributed by atoms with Crippen LogP contribution in [0.5, 0.6) is 17.2 Å². The van der Waals surface area contributed by atoms with E-state index in [0.29, 0.717) is 6.61 Å². The molecule has 0 aliphatic heterocycles. The Morgan fingerprint density at radius 3 is 1.03 bits per heavy atom. The molecule has 0 aliphatic carbocycles. The molecule has 0 spiro atoms. The Morgan fingerprint density at radius 1 is 0.552 bits per heavy atom. The minimum absolute atomic E-state index is 0. The van der Waals surface area contributed by atoms with Crippen molar-refractivity contribution in [2.45, 2.75) is 14.4 Å². The first-order valence-electron chi connectivity index (χ1n) is 9.15. The van der Waals surface area contributed by atoms with E-state index in [1.54, 1.807) is 21.3 Å². The summed E-state index contributed by atoms with van der Waals surface area (Å²) in [6.07, 6.45) is 0. The number of benzene rings is 3. The SMILES string of the molecule is C.CCO[P+](c1ccc(OC)cc1)(c1ccc(OC)cc1)c1ccc(OC)cc1. The van der Waals surface area contributed by atoms with Gasteiger partial charge in [0.1, 0.15) is 33.2 Å². The van der Waals surface area contributed by atoms with Gasteiger partial charge in [0.15, 0.2) is 0 Å². The number of ether oxygens (including phenoxy) is 3. The van der Waals surface area contributed by atoms with Gasteiger partial charge in [-0.1, -0.05) is 7.43 Å². The van der Waals surface area contributed by atoms with Crippen molar-refractivity contribution in [3.05, 3.63) is 72.8 Å². The molecular formula is C24H30O4P+. The van der Waals surface area contributed by atoms with Crippen LogP contribution >= 0.6 is 7.49 Å². The lowest BCUT2D eigenvalue weighted by molar-refractivity contribution is 0.381. The lowest BCUT2D eigenvalue weighted by Crippen LogP contribution is -2.33. The predicted octanol–water partition coefficient (Wildman–Crippen LogP) is 4.59. The van der Waals surface area contributed by atoms with E-state index in [2.05, 4.69) is 36.4 Å². The zero-order valence-electron chi connectivity index (χ0n) is 16.7. The maximum atomic E-state index is 6.60. The molecule has 3 aromatic rings. The highest BCUT2D eigenvalue weighted by Gasteiger charge is 2.48. The number of hydrogen-bond donors (Lipinski definition) is 0. The molecule has 0 N–H and O–H groups in total. The van der Waals surface area contributed by atoms with Gasteiger partial charge in [-0.2, -0.15) is 0 Å². The van der Waals surface area contributed by atoms with E-state index in [-0.39, 0.29) is 7.43 Å². The minimum atomic E-state index is -2.31. The Labute approximate surface area is 174 Å². The number of methoxy groups -OCH3 is 3. The van der Waals surface area contributed by atoms with Crippen LogP contribution in [-0.4, -0.2) is 27.9 Å². The van der Waals surface area contributed by atoms with Gasteiger partial charge in [0, 0.05) is 0 Å². The predicted molar refractivity (Wildman–Crippen MR) is 123 cm³/mol. The molecule has 0 amide bonds. The number of rotatable bonds is 8. The molecule has 0 aliphatic rings. The van der Waals surface area contributed by atoms with E-state index in [1.165, 1.54) is 0 Å². The average molecular weight is 413 g/mol. The Kier molecular flexibility index (Phi) is 8.07. The van der Waals surface area contributed by atoms with Gasteiger partial charge < -0.3 is 14.2 Å². The van der Waals surface area contributed by atoms with Crippen molar-refractivity contribution in [1.82, 2.24) is 0 Å². The third-order valence-electron chi connectivity index (χ3n) is 4.63. The molecular weight excluding hydrogens is 383 g/mol. The maximum Gasteiger partial charge on any atom is 0.242 e.